The molecule has 2 unspecified atom stereocenters. The summed E-state index contributed by atoms with van der Waals surface area (Å²) in [5, 5.41) is 12.0. The summed E-state index contributed by atoms with van der Waals surface area (Å²) in [6, 6.07) is 0. The third-order valence-electron chi connectivity index (χ3n) is 7.75. The number of unbranched alkanes of at least 4 members (excludes halogenated alkanes) is 17. The molecule has 0 bridgehead atoms. The molecule has 0 aliphatic carbocycles. The zero-order chi connectivity index (χ0) is 23.8. The van der Waals surface area contributed by atoms with Gasteiger partial charge in [-0.25, -0.2) is 0 Å². The normalized spacial score (nSPS) is 14.5. The lowest BCUT2D eigenvalue weighted by molar-refractivity contribution is -0.0456. The molecule has 32 heavy (non-hydrogen) atoms. The first-order chi connectivity index (χ1) is 15.6. The topological polar surface area (TPSA) is 20.2 Å². The van der Waals surface area contributed by atoms with Crippen LogP contribution in [0.3, 0.4) is 0 Å². The Bertz CT molecular complexity index is 352. The Morgan fingerprint density at radius 2 is 0.688 bits per heavy atom. The minimum absolute atomic E-state index is 0.396. The van der Waals surface area contributed by atoms with Crippen molar-refractivity contribution >= 4 is 0 Å². The fourth-order valence-electron chi connectivity index (χ4n) is 5.45. The van der Waals surface area contributed by atoms with Crippen molar-refractivity contribution in [2.75, 3.05) is 0 Å². The van der Waals surface area contributed by atoms with Crippen molar-refractivity contribution in [3.63, 3.8) is 0 Å². The van der Waals surface area contributed by atoms with Gasteiger partial charge in [-0.3, -0.25) is 0 Å². The molecule has 0 rings (SSSR count). The van der Waals surface area contributed by atoms with Gasteiger partial charge in [-0.2, -0.15) is 0 Å². The molecule has 0 fully saturated rings. The Balaban J connectivity index is 4.79. The Morgan fingerprint density at radius 3 is 1.09 bits per heavy atom. The van der Waals surface area contributed by atoms with Crippen molar-refractivity contribution in [2.45, 2.75) is 194 Å². The Kier molecular flexibility index (Phi) is 24.1. The predicted octanol–water partition coefficient (Wildman–Crippen LogP) is 11.2. The summed E-state index contributed by atoms with van der Waals surface area (Å²) in [5.41, 5.74) is -0.396. The van der Waals surface area contributed by atoms with Crippen LogP contribution >= 0.6 is 0 Å². The Labute approximate surface area is 204 Å². The van der Waals surface area contributed by atoms with Crippen LogP contribution in [-0.2, 0) is 0 Å². The number of hydrogen-bond acceptors (Lipinski definition) is 1. The second-order valence-corrected chi connectivity index (χ2v) is 10.9. The highest BCUT2D eigenvalue weighted by molar-refractivity contribution is 4.87. The van der Waals surface area contributed by atoms with E-state index in [1.165, 1.54) is 148 Å². The van der Waals surface area contributed by atoms with E-state index in [9.17, 15) is 5.11 Å². The van der Waals surface area contributed by atoms with Gasteiger partial charge in [0, 0.05) is 0 Å². The third kappa shape index (κ3) is 18.4. The first kappa shape index (κ1) is 32.0. The molecule has 0 saturated carbocycles. The summed E-state index contributed by atoms with van der Waals surface area (Å²) < 4.78 is 0. The molecule has 0 heterocycles. The number of hydrogen-bond donors (Lipinski definition) is 1. The van der Waals surface area contributed by atoms with E-state index in [4.69, 9.17) is 0 Å². The largest absolute Gasteiger partial charge is 0.390 e. The van der Waals surface area contributed by atoms with Crippen molar-refractivity contribution in [3.8, 4) is 0 Å². The van der Waals surface area contributed by atoms with Gasteiger partial charge in [0.05, 0.1) is 5.60 Å². The highest BCUT2D eigenvalue weighted by Gasteiger charge is 2.34. The molecule has 0 aromatic heterocycles. The highest BCUT2D eigenvalue weighted by atomic mass is 16.3. The van der Waals surface area contributed by atoms with E-state index in [-0.39, 0.29) is 0 Å². The fourth-order valence-corrected chi connectivity index (χ4v) is 5.45. The van der Waals surface area contributed by atoms with Gasteiger partial charge in [0.2, 0.25) is 0 Å². The molecule has 0 aromatic rings. The summed E-state index contributed by atoms with van der Waals surface area (Å²) in [6.45, 7) is 9.19. The summed E-state index contributed by atoms with van der Waals surface area (Å²) in [4.78, 5) is 0. The zero-order valence-electron chi connectivity index (χ0n) is 23.2. The molecule has 0 radical (unpaired) electrons. The van der Waals surface area contributed by atoms with Crippen LogP contribution in [0.25, 0.3) is 0 Å². The quantitative estimate of drug-likeness (QED) is 0.129. The highest BCUT2D eigenvalue weighted by Crippen LogP contribution is 2.37. The molecular weight excluding hydrogens is 388 g/mol. The smallest absolute Gasteiger partial charge is 0.0675 e. The maximum atomic E-state index is 12.0. The monoisotopic (exact) mass is 452 g/mol. The summed E-state index contributed by atoms with van der Waals surface area (Å²) in [6.07, 6.45) is 32.7. The minimum Gasteiger partial charge on any atom is -0.390 e. The van der Waals surface area contributed by atoms with E-state index in [2.05, 4.69) is 27.7 Å². The van der Waals surface area contributed by atoms with Crippen molar-refractivity contribution < 1.29 is 5.11 Å². The Morgan fingerprint density at radius 1 is 0.406 bits per heavy atom. The van der Waals surface area contributed by atoms with E-state index >= 15 is 0 Å². The molecule has 0 aromatic carbocycles. The van der Waals surface area contributed by atoms with Gasteiger partial charge in [-0.1, -0.05) is 163 Å². The van der Waals surface area contributed by atoms with Crippen LogP contribution in [0.1, 0.15) is 188 Å². The molecule has 0 spiro atoms. The average Bonchev–Trinajstić information content (AvgIpc) is 2.79. The predicted molar refractivity (Wildman–Crippen MR) is 147 cm³/mol. The van der Waals surface area contributed by atoms with Crippen LogP contribution in [0.4, 0.5) is 0 Å². The van der Waals surface area contributed by atoms with E-state index in [0.29, 0.717) is 5.92 Å². The maximum Gasteiger partial charge on any atom is 0.0675 e. The first-order valence-electron chi connectivity index (χ1n) is 15.4. The zero-order valence-corrected chi connectivity index (χ0v) is 23.2. The van der Waals surface area contributed by atoms with E-state index in [0.717, 1.165) is 12.8 Å². The molecule has 0 aliphatic rings. The Hall–Kier alpha value is -0.0400. The summed E-state index contributed by atoms with van der Waals surface area (Å²) in [5.74, 6) is 0.534. The molecule has 0 saturated heterocycles. The van der Waals surface area contributed by atoms with Crippen molar-refractivity contribution in [2.24, 2.45) is 5.92 Å². The molecule has 1 nitrogen and oxygen atoms in total. The van der Waals surface area contributed by atoms with Gasteiger partial charge in [-0.15, -0.1) is 0 Å². The van der Waals surface area contributed by atoms with Gasteiger partial charge in [0.1, 0.15) is 0 Å². The number of rotatable bonds is 26. The van der Waals surface area contributed by atoms with Crippen molar-refractivity contribution in [1.82, 2.24) is 0 Å². The minimum atomic E-state index is -0.396. The van der Waals surface area contributed by atoms with Crippen LogP contribution < -0.4 is 0 Å². The van der Waals surface area contributed by atoms with Crippen LogP contribution in [0, 0.1) is 5.92 Å². The van der Waals surface area contributed by atoms with E-state index in [1.54, 1.807) is 0 Å². The number of aliphatic hydroxyl groups is 1. The molecular formula is C31H64O. The molecule has 0 amide bonds. The van der Waals surface area contributed by atoms with Crippen LogP contribution in [0.2, 0.25) is 0 Å². The lowest BCUT2D eigenvalue weighted by Gasteiger charge is -2.37. The summed E-state index contributed by atoms with van der Waals surface area (Å²) >= 11 is 0. The van der Waals surface area contributed by atoms with E-state index < -0.39 is 5.60 Å². The van der Waals surface area contributed by atoms with Crippen LogP contribution in [-0.4, -0.2) is 10.7 Å². The van der Waals surface area contributed by atoms with Gasteiger partial charge in [0.15, 0.2) is 0 Å². The SMILES string of the molecule is CCCCCCCCCC(O)(CCCCCC)C(CCCCCC)CCCCCCCC. The van der Waals surface area contributed by atoms with Crippen LogP contribution in [0.5, 0.6) is 0 Å². The second kappa shape index (κ2) is 24.1. The molecule has 1 N–H and O–H groups in total. The van der Waals surface area contributed by atoms with Crippen molar-refractivity contribution in [3.05, 3.63) is 0 Å². The third-order valence-corrected chi connectivity index (χ3v) is 7.75. The molecule has 2 atom stereocenters. The maximum absolute atomic E-state index is 12.0. The van der Waals surface area contributed by atoms with Gasteiger partial charge < -0.3 is 5.11 Å². The average molecular weight is 453 g/mol. The fraction of sp³-hybridized carbons (Fsp3) is 1.00. The molecule has 194 valence electrons. The van der Waals surface area contributed by atoms with Crippen LogP contribution in [0.15, 0.2) is 0 Å². The van der Waals surface area contributed by atoms with Gasteiger partial charge in [0.25, 0.3) is 0 Å². The standard InChI is InChI=1S/C31H64O/c1-5-9-13-17-19-21-25-29-31(32,28-24-16-12-8-4)30(26-22-15-11-7-3)27-23-20-18-14-10-6-2/h30,32H,5-29H2,1-4H3. The van der Waals surface area contributed by atoms with Gasteiger partial charge >= 0.3 is 0 Å². The second-order valence-electron chi connectivity index (χ2n) is 10.9. The first-order valence-corrected chi connectivity index (χ1v) is 15.4. The summed E-state index contributed by atoms with van der Waals surface area (Å²) in [7, 11) is 0. The lowest BCUT2D eigenvalue weighted by atomic mass is 9.74. The van der Waals surface area contributed by atoms with E-state index in [1.807, 2.05) is 0 Å². The molecule has 1 heteroatoms. The van der Waals surface area contributed by atoms with Crippen molar-refractivity contribution in [1.29, 1.82) is 0 Å². The lowest BCUT2D eigenvalue weighted by Crippen LogP contribution is -2.38. The van der Waals surface area contributed by atoms with Gasteiger partial charge in [-0.05, 0) is 31.6 Å². The molecule has 0 aliphatic heterocycles.